The van der Waals surface area contributed by atoms with Crippen molar-refractivity contribution in [2.45, 2.75) is 26.3 Å². The van der Waals surface area contributed by atoms with E-state index in [1.54, 1.807) is 13.0 Å². The molecule has 2 rings (SSSR count). The second-order valence-corrected chi connectivity index (χ2v) is 6.26. The molecule has 1 aliphatic heterocycles. The number of nitrogens with two attached hydrogens (primary N) is 1. The Bertz CT molecular complexity index is 522. The van der Waals surface area contributed by atoms with Crippen LogP contribution in [0.1, 0.15) is 29.8 Å². The van der Waals surface area contributed by atoms with E-state index in [0.29, 0.717) is 30.8 Å². The third kappa shape index (κ3) is 3.41. The van der Waals surface area contributed by atoms with Crippen molar-refractivity contribution >= 4 is 5.91 Å². The van der Waals surface area contributed by atoms with Gasteiger partial charge in [-0.25, -0.2) is 4.39 Å². The first-order chi connectivity index (χ1) is 9.85. The molecular weight excluding hydrogens is 269 g/mol. The predicted molar refractivity (Wildman–Crippen MR) is 81.7 cm³/mol. The average Bonchev–Trinajstić information content (AvgIpc) is 2.47. The molecule has 116 valence electrons. The molecule has 0 aromatic heterocycles. The van der Waals surface area contributed by atoms with Crippen molar-refractivity contribution < 1.29 is 9.18 Å². The number of aryl methyl sites for hydroxylation is 1. The Balaban J connectivity index is 2.03. The molecule has 1 amide bonds. The van der Waals surface area contributed by atoms with Crippen molar-refractivity contribution in [2.75, 3.05) is 32.7 Å². The first-order valence-electron chi connectivity index (χ1n) is 7.36. The maximum atomic E-state index is 13.1. The number of piperazine rings is 1. The molecule has 2 N–H and O–H groups in total. The summed E-state index contributed by atoms with van der Waals surface area (Å²) in [5.41, 5.74) is 7.03. The lowest BCUT2D eigenvalue weighted by atomic mass is 10.0. The highest BCUT2D eigenvalue weighted by Crippen LogP contribution is 2.18. The SMILES string of the molecule is Cc1cc(F)ccc1C(=O)N1CCN(C(C)(C)CN)CC1. The zero-order valence-corrected chi connectivity index (χ0v) is 13.0. The molecule has 0 atom stereocenters. The first kappa shape index (κ1) is 15.9. The maximum absolute atomic E-state index is 13.1. The highest BCUT2D eigenvalue weighted by molar-refractivity contribution is 5.95. The van der Waals surface area contributed by atoms with Gasteiger partial charge in [0.25, 0.3) is 5.91 Å². The molecule has 1 aromatic rings. The van der Waals surface area contributed by atoms with Crippen molar-refractivity contribution in [1.82, 2.24) is 9.80 Å². The number of nitrogens with zero attached hydrogens (tertiary/aromatic N) is 2. The standard InChI is InChI=1S/C16H24FN3O/c1-12-10-13(17)4-5-14(12)15(21)19-6-8-20(9-7-19)16(2,3)11-18/h4-5,10H,6-9,11,18H2,1-3H3. The summed E-state index contributed by atoms with van der Waals surface area (Å²) in [6.07, 6.45) is 0. The molecular formula is C16H24FN3O. The number of halogens is 1. The van der Waals surface area contributed by atoms with Crippen LogP contribution in [0.2, 0.25) is 0 Å². The number of carbonyl (C=O) groups excluding carboxylic acids is 1. The van der Waals surface area contributed by atoms with Crippen LogP contribution in [-0.4, -0.2) is 54.0 Å². The molecule has 0 aliphatic carbocycles. The molecule has 0 radical (unpaired) electrons. The van der Waals surface area contributed by atoms with Crippen LogP contribution < -0.4 is 5.73 Å². The van der Waals surface area contributed by atoms with Gasteiger partial charge in [-0.05, 0) is 44.5 Å². The summed E-state index contributed by atoms with van der Waals surface area (Å²) in [4.78, 5) is 16.7. The van der Waals surface area contributed by atoms with Gasteiger partial charge >= 0.3 is 0 Å². The zero-order chi connectivity index (χ0) is 15.6. The summed E-state index contributed by atoms with van der Waals surface area (Å²) in [6.45, 7) is 9.59. The molecule has 0 unspecified atom stereocenters. The zero-order valence-electron chi connectivity index (χ0n) is 13.0. The van der Waals surface area contributed by atoms with Crippen LogP contribution in [0.4, 0.5) is 4.39 Å². The molecule has 4 nitrogen and oxygen atoms in total. The van der Waals surface area contributed by atoms with E-state index in [9.17, 15) is 9.18 Å². The average molecular weight is 293 g/mol. The van der Waals surface area contributed by atoms with E-state index in [4.69, 9.17) is 5.73 Å². The van der Waals surface area contributed by atoms with Gasteiger partial charge in [0.15, 0.2) is 0 Å². The minimum Gasteiger partial charge on any atom is -0.336 e. The summed E-state index contributed by atoms with van der Waals surface area (Å²) in [7, 11) is 0. The summed E-state index contributed by atoms with van der Waals surface area (Å²) < 4.78 is 13.1. The van der Waals surface area contributed by atoms with E-state index in [-0.39, 0.29) is 17.3 Å². The fourth-order valence-corrected chi connectivity index (χ4v) is 2.68. The molecule has 0 bridgehead atoms. The van der Waals surface area contributed by atoms with E-state index >= 15 is 0 Å². The molecule has 21 heavy (non-hydrogen) atoms. The summed E-state index contributed by atoms with van der Waals surface area (Å²) in [5, 5.41) is 0. The van der Waals surface area contributed by atoms with Crippen LogP contribution in [0, 0.1) is 12.7 Å². The minimum absolute atomic E-state index is 0.0160. The maximum Gasteiger partial charge on any atom is 0.254 e. The second-order valence-electron chi connectivity index (χ2n) is 6.26. The highest BCUT2D eigenvalue weighted by atomic mass is 19.1. The number of hydrogen-bond acceptors (Lipinski definition) is 3. The number of rotatable bonds is 3. The van der Waals surface area contributed by atoms with E-state index < -0.39 is 0 Å². The minimum atomic E-state index is -0.307. The summed E-state index contributed by atoms with van der Waals surface area (Å²) >= 11 is 0. The Morgan fingerprint density at radius 2 is 1.90 bits per heavy atom. The molecule has 1 aliphatic rings. The fourth-order valence-electron chi connectivity index (χ4n) is 2.68. The lowest BCUT2D eigenvalue weighted by Gasteiger charge is -2.43. The van der Waals surface area contributed by atoms with Gasteiger partial charge in [-0.2, -0.15) is 0 Å². The van der Waals surface area contributed by atoms with Crippen LogP contribution in [0.3, 0.4) is 0 Å². The Labute approximate surface area is 125 Å². The number of hydrogen-bond donors (Lipinski definition) is 1. The van der Waals surface area contributed by atoms with Crippen LogP contribution in [-0.2, 0) is 0 Å². The lowest BCUT2D eigenvalue weighted by molar-refractivity contribution is 0.0425. The van der Waals surface area contributed by atoms with Gasteiger partial charge in [0.05, 0.1) is 0 Å². The smallest absolute Gasteiger partial charge is 0.254 e. The summed E-state index contributed by atoms with van der Waals surface area (Å²) in [6, 6.07) is 4.32. The Hall–Kier alpha value is -1.46. The highest BCUT2D eigenvalue weighted by Gasteiger charge is 2.30. The first-order valence-corrected chi connectivity index (χ1v) is 7.36. The fraction of sp³-hybridized carbons (Fsp3) is 0.562. The van der Waals surface area contributed by atoms with Gasteiger partial charge in [0, 0.05) is 43.8 Å². The van der Waals surface area contributed by atoms with Gasteiger partial charge in [-0.15, -0.1) is 0 Å². The number of benzene rings is 1. The van der Waals surface area contributed by atoms with Crippen LogP contribution in [0.5, 0.6) is 0 Å². The molecule has 1 aromatic carbocycles. The molecule has 1 saturated heterocycles. The van der Waals surface area contributed by atoms with E-state index in [0.717, 1.165) is 13.1 Å². The quantitative estimate of drug-likeness (QED) is 0.921. The van der Waals surface area contributed by atoms with Crippen molar-refractivity contribution in [2.24, 2.45) is 5.73 Å². The van der Waals surface area contributed by atoms with Crippen molar-refractivity contribution in [3.8, 4) is 0 Å². The Morgan fingerprint density at radius 3 is 2.43 bits per heavy atom. The van der Waals surface area contributed by atoms with Gasteiger partial charge in [-0.3, -0.25) is 9.69 Å². The molecule has 0 saturated carbocycles. The van der Waals surface area contributed by atoms with Crippen molar-refractivity contribution in [3.05, 3.63) is 35.1 Å². The molecule has 5 heteroatoms. The second kappa shape index (κ2) is 6.12. The Kier molecular flexibility index (Phi) is 4.64. The van der Waals surface area contributed by atoms with Gasteiger partial charge < -0.3 is 10.6 Å². The van der Waals surface area contributed by atoms with Crippen LogP contribution >= 0.6 is 0 Å². The van der Waals surface area contributed by atoms with Crippen molar-refractivity contribution in [3.63, 3.8) is 0 Å². The topological polar surface area (TPSA) is 49.6 Å². The number of carbonyl (C=O) groups is 1. The van der Waals surface area contributed by atoms with E-state index in [1.165, 1.54) is 12.1 Å². The van der Waals surface area contributed by atoms with Gasteiger partial charge in [0.1, 0.15) is 5.82 Å². The third-order valence-corrected chi connectivity index (χ3v) is 4.34. The Morgan fingerprint density at radius 1 is 1.29 bits per heavy atom. The van der Waals surface area contributed by atoms with Crippen LogP contribution in [0.25, 0.3) is 0 Å². The normalized spacial score (nSPS) is 17.1. The van der Waals surface area contributed by atoms with Crippen LogP contribution in [0.15, 0.2) is 18.2 Å². The van der Waals surface area contributed by atoms with Crippen molar-refractivity contribution in [1.29, 1.82) is 0 Å². The molecule has 0 spiro atoms. The monoisotopic (exact) mass is 293 g/mol. The van der Waals surface area contributed by atoms with Gasteiger partial charge in [-0.1, -0.05) is 0 Å². The molecule has 1 fully saturated rings. The number of amides is 1. The lowest BCUT2D eigenvalue weighted by Crippen LogP contribution is -2.58. The van der Waals surface area contributed by atoms with E-state index in [2.05, 4.69) is 18.7 Å². The largest absolute Gasteiger partial charge is 0.336 e. The molecule has 1 heterocycles. The summed E-state index contributed by atoms with van der Waals surface area (Å²) in [5.74, 6) is -0.323. The third-order valence-electron chi connectivity index (χ3n) is 4.34. The van der Waals surface area contributed by atoms with E-state index in [1.807, 2.05) is 4.90 Å². The van der Waals surface area contributed by atoms with Gasteiger partial charge in [0.2, 0.25) is 0 Å². The predicted octanol–water partition coefficient (Wildman–Crippen LogP) is 1.63.